The van der Waals surface area contributed by atoms with Crippen LogP contribution in [0.3, 0.4) is 0 Å². The van der Waals surface area contributed by atoms with Crippen molar-refractivity contribution >= 4 is 22.4 Å². The lowest BCUT2D eigenvalue weighted by Crippen LogP contribution is -2.27. The van der Waals surface area contributed by atoms with E-state index in [4.69, 9.17) is 4.74 Å². The van der Waals surface area contributed by atoms with Gasteiger partial charge in [-0.05, 0) is 12.5 Å². The van der Waals surface area contributed by atoms with E-state index in [1.165, 1.54) is 11.3 Å². The van der Waals surface area contributed by atoms with Gasteiger partial charge in [-0.3, -0.25) is 10.1 Å². The van der Waals surface area contributed by atoms with Crippen molar-refractivity contribution in [1.82, 2.24) is 4.98 Å². The number of benzene rings is 1. The number of nitrogens with zero attached hydrogens (tertiary/aromatic N) is 1. The van der Waals surface area contributed by atoms with Gasteiger partial charge in [0, 0.05) is 11.6 Å². The van der Waals surface area contributed by atoms with Crippen LogP contribution in [0.2, 0.25) is 0 Å². The topological polar surface area (TPSA) is 51.2 Å². The maximum absolute atomic E-state index is 11.8. The average molecular weight is 262 g/mol. The molecule has 94 valence electrons. The molecule has 1 N–H and O–H groups in total. The Morgan fingerprint density at radius 2 is 2.22 bits per heavy atom. The van der Waals surface area contributed by atoms with E-state index in [-0.39, 0.29) is 5.91 Å². The third-order valence-corrected chi connectivity index (χ3v) is 3.06. The molecule has 0 bridgehead atoms. The van der Waals surface area contributed by atoms with E-state index in [1.807, 2.05) is 35.7 Å². The molecule has 18 heavy (non-hydrogen) atoms. The van der Waals surface area contributed by atoms with Crippen molar-refractivity contribution in [2.24, 2.45) is 0 Å². The maximum atomic E-state index is 11.8. The van der Waals surface area contributed by atoms with E-state index in [0.717, 1.165) is 5.56 Å². The van der Waals surface area contributed by atoms with Crippen LogP contribution in [0.4, 0.5) is 5.13 Å². The number of rotatable bonds is 5. The minimum Gasteiger partial charge on any atom is -0.364 e. The average Bonchev–Trinajstić information content (AvgIpc) is 2.90. The zero-order valence-corrected chi connectivity index (χ0v) is 10.8. The van der Waals surface area contributed by atoms with Crippen molar-refractivity contribution in [3.05, 3.63) is 47.5 Å². The Balaban J connectivity index is 1.81. The van der Waals surface area contributed by atoms with Crippen LogP contribution in [0.1, 0.15) is 12.5 Å². The summed E-state index contributed by atoms with van der Waals surface area (Å²) in [6.07, 6.45) is 1.14. The van der Waals surface area contributed by atoms with Crippen molar-refractivity contribution in [3.63, 3.8) is 0 Å². The molecule has 0 saturated heterocycles. The first-order chi connectivity index (χ1) is 8.75. The second-order valence-electron chi connectivity index (χ2n) is 3.77. The zero-order chi connectivity index (χ0) is 12.8. The SMILES string of the molecule is C[C@H](OCc1ccccc1)C(=O)Nc1nccs1. The molecule has 0 saturated carbocycles. The quantitative estimate of drug-likeness (QED) is 0.901. The Bertz CT molecular complexity index is 485. The fourth-order valence-electron chi connectivity index (χ4n) is 1.36. The van der Waals surface area contributed by atoms with Crippen molar-refractivity contribution in [2.75, 3.05) is 5.32 Å². The predicted molar refractivity (Wildman–Crippen MR) is 71.4 cm³/mol. The summed E-state index contributed by atoms with van der Waals surface area (Å²) in [5, 5.41) is 5.10. The van der Waals surface area contributed by atoms with Crippen LogP contribution < -0.4 is 5.32 Å². The Kier molecular flexibility index (Phi) is 4.44. The molecule has 0 aliphatic rings. The molecular weight excluding hydrogens is 248 g/mol. The van der Waals surface area contributed by atoms with Crippen LogP contribution in [0.25, 0.3) is 0 Å². The Labute approximate surface area is 110 Å². The molecule has 0 aliphatic carbocycles. The highest BCUT2D eigenvalue weighted by Crippen LogP contribution is 2.11. The number of ether oxygens (including phenoxy) is 1. The van der Waals surface area contributed by atoms with E-state index in [1.54, 1.807) is 13.1 Å². The van der Waals surface area contributed by atoms with Crippen LogP contribution in [0, 0.1) is 0 Å². The van der Waals surface area contributed by atoms with Gasteiger partial charge in [-0.15, -0.1) is 11.3 Å². The molecule has 0 unspecified atom stereocenters. The summed E-state index contributed by atoms with van der Waals surface area (Å²) in [4.78, 5) is 15.8. The Morgan fingerprint density at radius 1 is 1.44 bits per heavy atom. The molecule has 0 radical (unpaired) electrons. The lowest BCUT2D eigenvalue weighted by Gasteiger charge is -2.12. The summed E-state index contributed by atoms with van der Waals surface area (Å²) >= 11 is 1.38. The number of nitrogens with one attached hydrogen (secondary N) is 1. The second-order valence-corrected chi connectivity index (χ2v) is 4.66. The fourth-order valence-corrected chi connectivity index (χ4v) is 1.90. The van der Waals surface area contributed by atoms with E-state index in [9.17, 15) is 4.79 Å². The van der Waals surface area contributed by atoms with Crippen LogP contribution >= 0.6 is 11.3 Å². The number of carbonyl (C=O) groups is 1. The molecule has 2 aromatic rings. The summed E-state index contributed by atoms with van der Waals surface area (Å²) in [5.41, 5.74) is 1.05. The van der Waals surface area contributed by atoms with Crippen LogP contribution in [0.15, 0.2) is 41.9 Å². The van der Waals surface area contributed by atoms with Crippen LogP contribution in [0.5, 0.6) is 0 Å². The van der Waals surface area contributed by atoms with Gasteiger partial charge in [-0.1, -0.05) is 30.3 Å². The summed E-state index contributed by atoms with van der Waals surface area (Å²) in [5.74, 6) is -0.180. The molecule has 1 heterocycles. The summed E-state index contributed by atoms with van der Waals surface area (Å²) in [6.45, 7) is 2.15. The number of hydrogen-bond acceptors (Lipinski definition) is 4. The van der Waals surface area contributed by atoms with Gasteiger partial charge >= 0.3 is 0 Å². The first kappa shape index (κ1) is 12.7. The molecule has 1 aromatic heterocycles. The van der Waals surface area contributed by atoms with Gasteiger partial charge in [0.15, 0.2) is 5.13 Å². The van der Waals surface area contributed by atoms with Crippen molar-refractivity contribution < 1.29 is 9.53 Å². The zero-order valence-electron chi connectivity index (χ0n) is 10.00. The van der Waals surface area contributed by atoms with E-state index in [0.29, 0.717) is 11.7 Å². The second kappa shape index (κ2) is 6.28. The van der Waals surface area contributed by atoms with Crippen molar-refractivity contribution in [1.29, 1.82) is 0 Å². The lowest BCUT2D eigenvalue weighted by atomic mass is 10.2. The molecule has 1 amide bonds. The van der Waals surface area contributed by atoms with Gasteiger partial charge in [0.05, 0.1) is 6.61 Å². The smallest absolute Gasteiger partial charge is 0.255 e. The summed E-state index contributed by atoms with van der Waals surface area (Å²) in [6, 6.07) is 9.76. The Hall–Kier alpha value is -1.72. The van der Waals surface area contributed by atoms with Gasteiger partial charge in [0.1, 0.15) is 6.10 Å². The summed E-state index contributed by atoms with van der Waals surface area (Å²) in [7, 11) is 0. The minimum absolute atomic E-state index is 0.180. The van der Waals surface area contributed by atoms with Crippen molar-refractivity contribution in [2.45, 2.75) is 19.6 Å². The minimum atomic E-state index is -0.505. The molecule has 2 rings (SSSR count). The molecule has 4 nitrogen and oxygen atoms in total. The van der Waals surface area contributed by atoms with Crippen LogP contribution in [-0.2, 0) is 16.1 Å². The molecular formula is C13H14N2O2S. The highest BCUT2D eigenvalue weighted by Gasteiger charge is 2.14. The molecule has 0 fully saturated rings. The summed E-state index contributed by atoms with van der Waals surface area (Å²) < 4.78 is 5.50. The largest absolute Gasteiger partial charge is 0.364 e. The molecule has 0 aliphatic heterocycles. The first-order valence-corrected chi connectivity index (χ1v) is 6.49. The van der Waals surface area contributed by atoms with Crippen LogP contribution in [-0.4, -0.2) is 17.0 Å². The highest BCUT2D eigenvalue weighted by atomic mass is 32.1. The number of aromatic nitrogens is 1. The van der Waals surface area contributed by atoms with Gasteiger partial charge in [-0.25, -0.2) is 4.98 Å². The third kappa shape index (κ3) is 3.65. The van der Waals surface area contributed by atoms with Gasteiger partial charge in [0.25, 0.3) is 5.91 Å². The first-order valence-electron chi connectivity index (χ1n) is 5.61. The molecule has 0 spiro atoms. The van der Waals surface area contributed by atoms with Gasteiger partial charge in [0.2, 0.25) is 0 Å². The van der Waals surface area contributed by atoms with E-state index in [2.05, 4.69) is 10.3 Å². The highest BCUT2D eigenvalue weighted by molar-refractivity contribution is 7.13. The maximum Gasteiger partial charge on any atom is 0.255 e. The monoisotopic (exact) mass is 262 g/mol. The Morgan fingerprint density at radius 3 is 2.89 bits per heavy atom. The fraction of sp³-hybridized carbons (Fsp3) is 0.231. The van der Waals surface area contributed by atoms with Gasteiger partial charge < -0.3 is 4.74 Å². The number of amides is 1. The molecule has 5 heteroatoms. The number of carbonyl (C=O) groups excluding carboxylic acids is 1. The number of hydrogen-bond donors (Lipinski definition) is 1. The molecule has 1 aromatic carbocycles. The predicted octanol–water partition coefficient (Wildman–Crippen LogP) is 2.69. The number of thiazole rings is 1. The number of anilines is 1. The van der Waals surface area contributed by atoms with E-state index >= 15 is 0 Å². The third-order valence-electron chi connectivity index (χ3n) is 2.37. The van der Waals surface area contributed by atoms with E-state index < -0.39 is 6.10 Å². The normalized spacial score (nSPS) is 12.1. The lowest BCUT2D eigenvalue weighted by molar-refractivity contribution is -0.127. The van der Waals surface area contributed by atoms with Crippen molar-refractivity contribution in [3.8, 4) is 0 Å². The standard InChI is InChI=1S/C13H14N2O2S/c1-10(12(16)15-13-14-7-8-18-13)17-9-11-5-3-2-4-6-11/h2-8,10H,9H2,1H3,(H,14,15,16)/t10-/m0/s1. The molecule has 1 atom stereocenters. The van der Waals surface area contributed by atoms with Gasteiger partial charge in [-0.2, -0.15) is 0 Å².